The van der Waals surface area contributed by atoms with Crippen LogP contribution in [0.5, 0.6) is 0 Å². The zero-order valence-electron chi connectivity index (χ0n) is 7.19. The summed E-state index contributed by atoms with van der Waals surface area (Å²) in [6, 6.07) is 0. The average molecular weight is 141 g/mol. The molecule has 0 bridgehead atoms. The molecule has 0 aliphatic carbocycles. The third-order valence-corrected chi connectivity index (χ3v) is 1.27. The van der Waals surface area contributed by atoms with E-state index in [2.05, 4.69) is 20.2 Å². The van der Waals surface area contributed by atoms with Crippen molar-refractivity contribution in [3.63, 3.8) is 0 Å². The molecule has 10 heavy (non-hydrogen) atoms. The maximum atomic E-state index is 3.66. The van der Waals surface area contributed by atoms with Crippen LogP contribution in [-0.4, -0.2) is 20.1 Å². The molecule has 0 aromatic carbocycles. The minimum atomic E-state index is 0. The molecule has 0 heterocycles. The van der Waals surface area contributed by atoms with Crippen molar-refractivity contribution < 1.29 is 4.90 Å². The van der Waals surface area contributed by atoms with Gasteiger partial charge in [0.1, 0.15) is 0 Å². The third kappa shape index (κ3) is 7.44. The van der Waals surface area contributed by atoms with Crippen molar-refractivity contribution in [1.29, 1.82) is 0 Å². The minimum Gasteiger partial charge on any atom is -0.358 e. The molecule has 0 aromatic rings. The van der Waals surface area contributed by atoms with E-state index in [-0.39, 0.29) is 7.43 Å². The Morgan fingerprint density at radius 1 is 1.30 bits per heavy atom. The highest BCUT2D eigenvalue weighted by molar-refractivity contribution is 4.66. The van der Waals surface area contributed by atoms with E-state index in [4.69, 9.17) is 0 Å². The van der Waals surface area contributed by atoms with Crippen LogP contribution in [0.4, 0.5) is 0 Å². The molecule has 0 saturated heterocycles. The fourth-order valence-corrected chi connectivity index (χ4v) is 0.697. The van der Waals surface area contributed by atoms with Crippen LogP contribution in [0, 0.1) is 7.43 Å². The molecule has 1 heteroatoms. The monoisotopic (exact) mass is 141 g/mol. The minimum absolute atomic E-state index is 0. The van der Waals surface area contributed by atoms with Gasteiger partial charge in [-0.05, 0) is 6.08 Å². The summed E-state index contributed by atoms with van der Waals surface area (Å²) >= 11 is 0. The first-order valence-electron chi connectivity index (χ1n) is 3.34. The molecule has 0 aliphatic heterocycles. The molecule has 0 aromatic heterocycles. The van der Waals surface area contributed by atoms with Gasteiger partial charge in [0, 0.05) is 6.42 Å². The van der Waals surface area contributed by atoms with Crippen LogP contribution in [0.15, 0.2) is 25.3 Å². The molecule has 0 amide bonds. The number of hydrogen-bond donors (Lipinski definition) is 1. The smallest absolute Gasteiger partial charge is 0.0953 e. The fourth-order valence-electron chi connectivity index (χ4n) is 0.697. The fraction of sp³-hybridized carbons (Fsp3) is 0.444. The summed E-state index contributed by atoms with van der Waals surface area (Å²) < 4.78 is 0. The van der Waals surface area contributed by atoms with Crippen molar-refractivity contribution >= 4 is 0 Å². The molecule has 0 spiro atoms. The molecule has 1 nitrogen and oxygen atoms in total. The van der Waals surface area contributed by atoms with Gasteiger partial charge in [-0.1, -0.05) is 12.7 Å². The van der Waals surface area contributed by atoms with Crippen molar-refractivity contribution in [2.75, 3.05) is 20.1 Å². The lowest BCUT2D eigenvalue weighted by Crippen LogP contribution is -3.08. The zero-order valence-corrected chi connectivity index (χ0v) is 7.19. The van der Waals surface area contributed by atoms with Gasteiger partial charge in [0.05, 0.1) is 20.1 Å². The maximum absolute atomic E-state index is 3.66. The van der Waals surface area contributed by atoms with E-state index in [1.165, 1.54) is 4.90 Å². The summed E-state index contributed by atoms with van der Waals surface area (Å²) in [7, 11) is 2.16. The molecule has 1 atom stereocenters. The van der Waals surface area contributed by atoms with E-state index in [0.29, 0.717) is 0 Å². The highest BCUT2D eigenvalue weighted by atomic mass is 15.1. The normalized spacial score (nSPS) is 11.3. The predicted octanol–water partition coefficient (Wildman–Crippen LogP) is 0.713. The van der Waals surface area contributed by atoms with Crippen molar-refractivity contribution in [3.8, 4) is 0 Å². The molecule has 1 unspecified atom stereocenters. The van der Waals surface area contributed by atoms with E-state index in [1.54, 1.807) is 0 Å². The van der Waals surface area contributed by atoms with Gasteiger partial charge in [0.2, 0.25) is 0 Å². The number of rotatable bonds is 5. The molecule has 0 radical (unpaired) electrons. The van der Waals surface area contributed by atoms with Gasteiger partial charge in [0.15, 0.2) is 0 Å². The lowest BCUT2D eigenvalue weighted by Gasteiger charge is -2.08. The summed E-state index contributed by atoms with van der Waals surface area (Å²) in [6.45, 7) is 9.53. The summed E-state index contributed by atoms with van der Waals surface area (Å²) in [5.74, 6) is 0. The first kappa shape index (κ1) is 12.1. The van der Waals surface area contributed by atoms with Gasteiger partial charge in [-0.3, -0.25) is 0 Å². The maximum Gasteiger partial charge on any atom is 0.0953 e. The van der Waals surface area contributed by atoms with Crippen LogP contribution >= 0.6 is 0 Å². The van der Waals surface area contributed by atoms with Crippen LogP contribution in [0.3, 0.4) is 0 Å². The quantitative estimate of drug-likeness (QED) is 0.425. The van der Waals surface area contributed by atoms with Crippen LogP contribution in [0.1, 0.15) is 6.42 Å². The number of likely N-dealkylation sites (N-methyl/N-ethyl adjacent to an activating group) is 1. The summed E-state index contributed by atoms with van der Waals surface area (Å²) in [6.07, 6.45) is 4.99. The molecular formula is C9H19N. The van der Waals surface area contributed by atoms with Gasteiger partial charge in [-0.25, -0.2) is 0 Å². The summed E-state index contributed by atoms with van der Waals surface area (Å²) in [4.78, 5) is 1.49. The molecule has 0 aliphatic rings. The van der Waals surface area contributed by atoms with Gasteiger partial charge in [-0.2, -0.15) is 0 Å². The second-order valence-corrected chi connectivity index (χ2v) is 2.28. The van der Waals surface area contributed by atoms with Crippen molar-refractivity contribution in [2.24, 2.45) is 0 Å². The van der Waals surface area contributed by atoms with E-state index < -0.39 is 0 Å². The zero-order chi connectivity index (χ0) is 7.11. The predicted molar refractivity (Wildman–Crippen MR) is 48.0 cm³/mol. The number of hydrogen-bond acceptors (Lipinski definition) is 0. The Balaban J connectivity index is 0. The molecule has 0 rings (SSSR count). The Morgan fingerprint density at radius 3 is 2.30 bits per heavy atom. The second kappa shape index (κ2) is 8.44. The average Bonchev–Trinajstić information content (AvgIpc) is 1.85. The standard InChI is InChI=1S/C8H15N.CH3/c1-4-6-8-9(3)7-5-2;/h4-5H,1-2,6-8H2,3H3;1H3/q;-1/p+1. The topological polar surface area (TPSA) is 4.44 Å². The van der Waals surface area contributed by atoms with E-state index in [9.17, 15) is 0 Å². The Bertz CT molecular complexity index is 86.7. The van der Waals surface area contributed by atoms with Gasteiger partial charge < -0.3 is 12.3 Å². The number of quaternary nitrogens is 1. The van der Waals surface area contributed by atoms with Crippen molar-refractivity contribution in [3.05, 3.63) is 32.7 Å². The number of nitrogens with one attached hydrogen (secondary N) is 1. The summed E-state index contributed by atoms with van der Waals surface area (Å²) in [5.41, 5.74) is 0. The first-order chi connectivity index (χ1) is 4.31. The van der Waals surface area contributed by atoms with E-state index >= 15 is 0 Å². The van der Waals surface area contributed by atoms with Crippen LogP contribution in [0.2, 0.25) is 0 Å². The van der Waals surface area contributed by atoms with Crippen LogP contribution in [-0.2, 0) is 0 Å². The molecule has 60 valence electrons. The summed E-state index contributed by atoms with van der Waals surface area (Å²) in [5, 5.41) is 0. The van der Waals surface area contributed by atoms with Crippen LogP contribution in [0.25, 0.3) is 0 Å². The molecule has 0 fully saturated rings. The van der Waals surface area contributed by atoms with Gasteiger partial charge in [-0.15, -0.1) is 6.58 Å². The van der Waals surface area contributed by atoms with E-state index in [0.717, 1.165) is 19.5 Å². The highest BCUT2D eigenvalue weighted by Gasteiger charge is 1.93. The SMILES string of the molecule is C=CCC[NH+](C)CC=C.[CH3-]. The third-order valence-electron chi connectivity index (χ3n) is 1.27. The lowest BCUT2D eigenvalue weighted by molar-refractivity contribution is -0.872. The molecular weight excluding hydrogens is 122 g/mol. The Labute approximate surface area is 65.0 Å². The van der Waals surface area contributed by atoms with Gasteiger partial charge >= 0.3 is 0 Å². The molecule has 1 N–H and O–H groups in total. The Kier molecular flexibility index (Phi) is 10.3. The Hall–Kier alpha value is -0.560. The lowest BCUT2D eigenvalue weighted by atomic mass is 10.4. The Morgan fingerprint density at radius 2 is 1.90 bits per heavy atom. The largest absolute Gasteiger partial charge is 0.358 e. The molecule has 0 saturated carbocycles. The second-order valence-electron chi connectivity index (χ2n) is 2.28. The highest BCUT2D eigenvalue weighted by Crippen LogP contribution is 1.69. The van der Waals surface area contributed by atoms with Crippen molar-refractivity contribution in [1.82, 2.24) is 0 Å². The first-order valence-corrected chi connectivity index (χ1v) is 3.34. The van der Waals surface area contributed by atoms with Crippen LogP contribution < -0.4 is 4.90 Å². The van der Waals surface area contributed by atoms with Gasteiger partial charge in [0.25, 0.3) is 0 Å². The van der Waals surface area contributed by atoms with Crippen molar-refractivity contribution in [2.45, 2.75) is 6.42 Å². The van der Waals surface area contributed by atoms with E-state index in [1.807, 2.05) is 12.2 Å².